The molecule has 1 heterocycles. The minimum Gasteiger partial charge on any atom is -0.353 e. The molecule has 1 N–H and O–H groups in total. The molecule has 0 atom stereocenters. The first-order valence-corrected chi connectivity index (χ1v) is 10.5. The number of unbranched alkanes of at least 4 members (excludes halogenated alkanes) is 1. The normalized spacial score (nSPS) is 16.7. The van der Waals surface area contributed by atoms with Crippen molar-refractivity contribution >= 4 is 22.0 Å². The third-order valence-corrected chi connectivity index (χ3v) is 6.25. The van der Waals surface area contributed by atoms with Crippen molar-refractivity contribution in [3.8, 4) is 0 Å². The summed E-state index contributed by atoms with van der Waals surface area (Å²) in [6.45, 7) is 3.94. The largest absolute Gasteiger partial charge is 0.353 e. The summed E-state index contributed by atoms with van der Waals surface area (Å²) in [4.78, 5) is 12.0. The molecule has 0 radical (unpaired) electrons. The second-order valence-electron chi connectivity index (χ2n) is 6.37. The first-order valence-electron chi connectivity index (χ1n) is 9.10. The van der Waals surface area contributed by atoms with Gasteiger partial charge in [0, 0.05) is 25.7 Å². The van der Waals surface area contributed by atoms with Gasteiger partial charge < -0.3 is 5.32 Å². The second-order valence-corrected chi connectivity index (χ2v) is 8.30. The molecule has 1 aromatic carbocycles. The van der Waals surface area contributed by atoms with Gasteiger partial charge in [-0.15, -0.1) is 0 Å². The third-order valence-electron chi connectivity index (χ3n) is 4.34. The van der Waals surface area contributed by atoms with Gasteiger partial charge >= 0.3 is 0 Å². The predicted molar refractivity (Wildman–Crippen MR) is 101 cm³/mol. The van der Waals surface area contributed by atoms with E-state index >= 15 is 0 Å². The van der Waals surface area contributed by atoms with E-state index in [-0.39, 0.29) is 5.91 Å². The molecule has 0 unspecified atom stereocenters. The number of nitrogens with zero attached hydrogens (tertiary/aromatic N) is 1. The molecule has 138 valence electrons. The molecule has 0 bridgehead atoms. The van der Waals surface area contributed by atoms with Gasteiger partial charge in [0.1, 0.15) is 0 Å². The van der Waals surface area contributed by atoms with Crippen LogP contribution in [0.3, 0.4) is 0 Å². The lowest BCUT2D eigenvalue weighted by molar-refractivity contribution is -0.116. The van der Waals surface area contributed by atoms with Crippen molar-refractivity contribution in [1.82, 2.24) is 9.62 Å². The number of nitrogens with one attached hydrogen (secondary N) is 1. The number of sulfonamides is 1. The van der Waals surface area contributed by atoms with Gasteiger partial charge in [-0.3, -0.25) is 4.79 Å². The smallest absolute Gasteiger partial charge is 0.243 e. The van der Waals surface area contributed by atoms with E-state index in [1.165, 1.54) is 6.08 Å². The predicted octanol–water partition coefficient (Wildman–Crippen LogP) is 3.18. The van der Waals surface area contributed by atoms with Crippen molar-refractivity contribution < 1.29 is 13.2 Å². The lowest BCUT2D eigenvalue weighted by Gasteiger charge is -2.19. The standard InChI is InChI=1S/C19H28N2O3S/c1-2-3-14-20-19(22)13-10-17-8-11-18(12-9-17)25(23,24)21-15-6-4-5-7-16-21/h8-13H,2-7,14-16H2,1H3,(H,20,22). The van der Waals surface area contributed by atoms with E-state index in [2.05, 4.69) is 12.2 Å². The summed E-state index contributed by atoms with van der Waals surface area (Å²) < 4.78 is 27.0. The van der Waals surface area contributed by atoms with Gasteiger partial charge in [-0.25, -0.2) is 8.42 Å². The summed E-state index contributed by atoms with van der Waals surface area (Å²) in [5, 5.41) is 2.81. The molecule has 6 heteroatoms. The van der Waals surface area contributed by atoms with Crippen molar-refractivity contribution in [2.24, 2.45) is 0 Å². The Labute approximate surface area is 151 Å². The molecule has 0 spiro atoms. The van der Waals surface area contributed by atoms with Crippen LogP contribution in [0.1, 0.15) is 51.0 Å². The molecule has 1 aliphatic rings. The molecule has 1 aliphatic heterocycles. The van der Waals surface area contributed by atoms with E-state index in [1.54, 1.807) is 34.6 Å². The van der Waals surface area contributed by atoms with Gasteiger partial charge in [0.2, 0.25) is 15.9 Å². The number of hydrogen-bond acceptors (Lipinski definition) is 3. The van der Waals surface area contributed by atoms with E-state index < -0.39 is 10.0 Å². The van der Waals surface area contributed by atoms with Gasteiger partial charge in [0.25, 0.3) is 0 Å². The fraction of sp³-hybridized carbons (Fsp3) is 0.526. The average molecular weight is 365 g/mol. The van der Waals surface area contributed by atoms with E-state index in [9.17, 15) is 13.2 Å². The Bertz CT molecular complexity index is 673. The molecular weight excluding hydrogens is 336 g/mol. The Morgan fingerprint density at radius 3 is 2.36 bits per heavy atom. The second kappa shape index (κ2) is 9.73. The molecule has 0 saturated carbocycles. The van der Waals surface area contributed by atoms with Crippen LogP contribution in [0.2, 0.25) is 0 Å². The highest BCUT2D eigenvalue weighted by molar-refractivity contribution is 7.89. The number of carbonyl (C=O) groups excluding carboxylic acids is 1. The van der Waals surface area contributed by atoms with Crippen LogP contribution in [0.15, 0.2) is 35.2 Å². The maximum atomic E-state index is 12.7. The Balaban J connectivity index is 2.00. The van der Waals surface area contributed by atoms with Crippen molar-refractivity contribution in [3.63, 3.8) is 0 Å². The lowest BCUT2D eigenvalue weighted by atomic mass is 10.2. The summed E-state index contributed by atoms with van der Waals surface area (Å²) in [7, 11) is -3.42. The minimum atomic E-state index is -3.42. The highest BCUT2D eigenvalue weighted by Crippen LogP contribution is 2.20. The molecular formula is C19H28N2O3S. The molecule has 1 saturated heterocycles. The Kier molecular flexibility index (Phi) is 7.65. The molecule has 1 amide bonds. The zero-order chi connectivity index (χ0) is 18.1. The highest BCUT2D eigenvalue weighted by Gasteiger charge is 2.24. The number of benzene rings is 1. The van der Waals surface area contributed by atoms with Crippen LogP contribution in [0, 0.1) is 0 Å². The number of amides is 1. The first-order chi connectivity index (χ1) is 12.0. The monoisotopic (exact) mass is 364 g/mol. The maximum Gasteiger partial charge on any atom is 0.243 e. The average Bonchev–Trinajstić information content (AvgIpc) is 2.90. The van der Waals surface area contributed by atoms with Gasteiger partial charge in [-0.05, 0) is 43.0 Å². The summed E-state index contributed by atoms with van der Waals surface area (Å²) in [6.07, 6.45) is 9.21. The van der Waals surface area contributed by atoms with E-state index in [0.29, 0.717) is 24.5 Å². The van der Waals surface area contributed by atoms with Gasteiger partial charge in [-0.1, -0.05) is 38.3 Å². The molecule has 1 aromatic rings. The number of rotatable bonds is 7. The lowest BCUT2D eigenvalue weighted by Crippen LogP contribution is -2.31. The number of carbonyl (C=O) groups is 1. The number of hydrogen-bond donors (Lipinski definition) is 1. The summed E-state index contributed by atoms with van der Waals surface area (Å²) in [6, 6.07) is 6.71. The maximum absolute atomic E-state index is 12.7. The van der Waals surface area contributed by atoms with Crippen LogP contribution in [0.5, 0.6) is 0 Å². The topological polar surface area (TPSA) is 66.5 Å². The quantitative estimate of drug-likeness (QED) is 0.597. The zero-order valence-electron chi connectivity index (χ0n) is 14.9. The van der Waals surface area contributed by atoms with Crippen LogP contribution < -0.4 is 5.32 Å². The SMILES string of the molecule is CCCCNC(=O)C=Cc1ccc(S(=O)(=O)N2CCCCCC2)cc1. The minimum absolute atomic E-state index is 0.130. The van der Waals surface area contributed by atoms with Gasteiger partial charge in [-0.2, -0.15) is 4.31 Å². The van der Waals surface area contributed by atoms with E-state index in [1.807, 2.05) is 0 Å². The van der Waals surface area contributed by atoms with Crippen LogP contribution in [-0.2, 0) is 14.8 Å². The third kappa shape index (κ3) is 5.97. The van der Waals surface area contributed by atoms with Crippen LogP contribution in [0.4, 0.5) is 0 Å². The molecule has 0 aromatic heterocycles. The van der Waals surface area contributed by atoms with Gasteiger partial charge in [0.15, 0.2) is 0 Å². The molecule has 0 aliphatic carbocycles. The van der Waals surface area contributed by atoms with Crippen molar-refractivity contribution in [2.75, 3.05) is 19.6 Å². The summed E-state index contributed by atoms with van der Waals surface area (Å²) in [5.41, 5.74) is 0.806. The summed E-state index contributed by atoms with van der Waals surface area (Å²) in [5.74, 6) is -0.130. The summed E-state index contributed by atoms with van der Waals surface area (Å²) >= 11 is 0. The van der Waals surface area contributed by atoms with Crippen LogP contribution in [-0.4, -0.2) is 38.3 Å². The Morgan fingerprint density at radius 1 is 1.12 bits per heavy atom. The first kappa shape index (κ1) is 19.7. The Morgan fingerprint density at radius 2 is 1.76 bits per heavy atom. The molecule has 2 rings (SSSR count). The van der Waals surface area contributed by atoms with Crippen molar-refractivity contribution in [1.29, 1.82) is 0 Å². The van der Waals surface area contributed by atoms with Crippen molar-refractivity contribution in [2.45, 2.75) is 50.3 Å². The van der Waals surface area contributed by atoms with Crippen LogP contribution >= 0.6 is 0 Å². The van der Waals surface area contributed by atoms with Gasteiger partial charge in [0.05, 0.1) is 4.90 Å². The molecule has 1 fully saturated rings. The zero-order valence-corrected chi connectivity index (χ0v) is 15.7. The molecule has 5 nitrogen and oxygen atoms in total. The fourth-order valence-corrected chi connectivity index (χ4v) is 4.32. The Hall–Kier alpha value is -1.66. The van der Waals surface area contributed by atoms with Crippen molar-refractivity contribution in [3.05, 3.63) is 35.9 Å². The highest BCUT2D eigenvalue weighted by atomic mass is 32.2. The molecule has 25 heavy (non-hydrogen) atoms. The van der Waals surface area contributed by atoms with E-state index in [4.69, 9.17) is 0 Å². The fourth-order valence-electron chi connectivity index (χ4n) is 2.80. The van der Waals surface area contributed by atoms with Crippen LogP contribution in [0.25, 0.3) is 6.08 Å². The van der Waals surface area contributed by atoms with E-state index in [0.717, 1.165) is 44.1 Å².